The van der Waals surface area contributed by atoms with E-state index in [0.29, 0.717) is 48.3 Å². The van der Waals surface area contributed by atoms with Gasteiger partial charge in [0.25, 0.3) is 0 Å². The molecule has 3 aliphatic rings. The number of methoxy groups -OCH3 is 2. The normalized spacial score (nSPS) is 24.5. The van der Waals surface area contributed by atoms with E-state index in [2.05, 4.69) is 33.7 Å². The number of nitrogens with zero attached hydrogens (tertiary/aromatic N) is 2. The van der Waals surface area contributed by atoms with Crippen LogP contribution < -0.4 is 4.74 Å². The number of rotatable bonds is 10. The number of pyridine rings is 1. The van der Waals surface area contributed by atoms with Crippen LogP contribution >= 0.6 is 22.6 Å². The molecule has 2 aromatic rings. The van der Waals surface area contributed by atoms with E-state index >= 15 is 0 Å². The van der Waals surface area contributed by atoms with E-state index in [0.717, 1.165) is 34.4 Å². The minimum atomic E-state index is -0.350. The minimum absolute atomic E-state index is 0.0488. The van der Waals surface area contributed by atoms with E-state index in [9.17, 15) is 14.7 Å². The minimum Gasteiger partial charge on any atom is -0.504 e. The number of aromatic hydroxyl groups is 1. The molecule has 0 saturated carbocycles. The number of carbonyl (C=O) groups excluding carboxylic acids is 2. The maximum absolute atomic E-state index is 13.4. The van der Waals surface area contributed by atoms with Crippen molar-refractivity contribution >= 4 is 46.1 Å². The van der Waals surface area contributed by atoms with E-state index in [1.165, 1.54) is 12.0 Å². The van der Waals surface area contributed by atoms with Crippen molar-refractivity contribution in [2.24, 2.45) is 17.8 Å². The average molecular weight is 659 g/mol. The van der Waals surface area contributed by atoms with Gasteiger partial charge >= 0.3 is 0 Å². The lowest BCUT2D eigenvalue weighted by atomic mass is 9.69. The van der Waals surface area contributed by atoms with Gasteiger partial charge in [-0.1, -0.05) is 13.0 Å². The second-order valence-corrected chi connectivity index (χ2v) is 11.7. The van der Waals surface area contributed by atoms with Gasteiger partial charge in [0.15, 0.2) is 11.5 Å². The van der Waals surface area contributed by atoms with Crippen LogP contribution in [-0.2, 0) is 19.1 Å². The number of ether oxygens (including phenoxy) is 3. The van der Waals surface area contributed by atoms with Gasteiger partial charge in [0.1, 0.15) is 0 Å². The van der Waals surface area contributed by atoms with Crippen molar-refractivity contribution in [2.75, 3.05) is 34.0 Å². The summed E-state index contributed by atoms with van der Waals surface area (Å²) in [6, 6.07) is 9.56. The van der Waals surface area contributed by atoms with E-state index in [1.54, 1.807) is 13.3 Å². The molecule has 5 rings (SSSR count). The fourth-order valence-electron chi connectivity index (χ4n) is 6.44. The number of hydrogen-bond donors (Lipinski definition) is 1. The summed E-state index contributed by atoms with van der Waals surface area (Å²) in [7, 11) is 3.20. The third-order valence-electron chi connectivity index (χ3n) is 8.15. The topological polar surface area (TPSA) is 98.2 Å². The molecule has 1 aromatic heterocycles. The Morgan fingerprint density at radius 1 is 1.23 bits per heavy atom. The Kier molecular flexibility index (Phi) is 8.92. The molecule has 1 aliphatic carbocycles. The molecule has 2 amide bonds. The van der Waals surface area contributed by atoms with Gasteiger partial charge in [-0.3, -0.25) is 19.5 Å². The highest BCUT2D eigenvalue weighted by Gasteiger charge is 2.56. The van der Waals surface area contributed by atoms with Crippen LogP contribution in [0.2, 0.25) is 0 Å². The molecule has 2 aliphatic heterocycles. The maximum Gasteiger partial charge on any atom is 0.233 e. The van der Waals surface area contributed by atoms with Gasteiger partial charge in [-0.25, -0.2) is 0 Å². The van der Waals surface area contributed by atoms with E-state index in [4.69, 9.17) is 14.2 Å². The highest BCUT2D eigenvalue weighted by atomic mass is 127. The second-order valence-electron chi connectivity index (χ2n) is 10.6. The van der Waals surface area contributed by atoms with Crippen molar-refractivity contribution in [3.8, 4) is 11.5 Å². The first-order valence-corrected chi connectivity index (χ1v) is 14.8. The van der Waals surface area contributed by atoms with Crippen LogP contribution in [0.5, 0.6) is 11.5 Å². The molecule has 2 fully saturated rings. The number of benzene rings is 1. The Morgan fingerprint density at radius 2 is 2.05 bits per heavy atom. The molecule has 0 spiro atoms. The molecule has 0 unspecified atom stereocenters. The summed E-state index contributed by atoms with van der Waals surface area (Å²) in [5.41, 5.74) is 5.03. The maximum atomic E-state index is 13.4. The van der Waals surface area contributed by atoms with Crippen LogP contribution in [0.1, 0.15) is 43.9 Å². The molecule has 0 bridgehead atoms. The monoisotopic (exact) mass is 658 g/mol. The summed E-state index contributed by atoms with van der Waals surface area (Å²) in [6.07, 6.45) is 6.36. The Morgan fingerprint density at radius 3 is 2.75 bits per heavy atom. The molecule has 4 atom stereocenters. The second kappa shape index (κ2) is 12.4. The van der Waals surface area contributed by atoms with Gasteiger partial charge in [0.05, 0.1) is 47.5 Å². The molecule has 212 valence electrons. The molecule has 40 heavy (non-hydrogen) atoms. The van der Waals surface area contributed by atoms with Gasteiger partial charge in [-0.2, -0.15) is 0 Å². The quantitative estimate of drug-likeness (QED) is 0.216. The lowest BCUT2D eigenvalue weighted by molar-refractivity contribution is -0.140. The molecule has 1 N–H and O–H groups in total. The molecule has 1 aromatic carbocycles. The SMILES string of the molecule is CCCN1C(=O)[C@@H]2[C@@H](CC(COC)=C3[C@@H](CC/C(=C/c4cc(I)c(O)c(OC)c4)c4ccccn4)OC[C@@H]32)C1=O. The van der Waals surface area contributed by atoms with Crippen molar-refractivity contribution in [2.45, 2.75) is 38.7 Å². The molecule has 0 radical (unpaired) electrons. The van der Waals surface area contributed by atoms with Crippen LogP contribution in [0.15, 0.2) is 47.7 Å². The van der Waals surface area contributed by atoms with Crippen molar-refractivity contribution < 1.29 is 28.9 Å². The van der Waals surface area contributed by atoms with Crippen LogP contribution in [0, 0.1) is 21.3 Å². The largest absolute Gasteiger partial charge is 0.504 e. The number of likely N-dealkylation sites (tertiary alicyclic amines) is 1. The average Bonchev–Trinajstić information content (AvgIpc) is 3.48. The first-order chi connectivity index (χ1) is 19.4. The van der Waals surface area contributed by atoms with Gasteiger partial charge < -0.3 is 19.3 Å². The number of carbonyl (C=O) groups is 2. The van der Waals surface area contributed by atoms with Crippen molar-refractivity contribution in [3.05, 3.63) is 62.5 Å². The zero-order valence-corrected chi connectivity index (χ0v) is 25.2. The van der Waals surface area contributed by atoms with Crippen LogP contribution in [0.4, 0.5) is 0 Å². The standard InChI is InChI=1S/C31H35IN2O6/c1-4-11-34-30(36)21-15-20(16-38-2)27-22(28(21)31(34)37)17-40-25(27)9-8-19(24-7-5-6-10-33-24)12-18-13-23(32)29(35)26(14-18)39-3/h5-7,10,12-14,21-22,25,28,35H,4,8-9,11,15-17H2,1-3H3/b19-12-/t21-,22+,25-,28-/m1/s1. The number of allylic oxidation sites excluding steroid dienone is 1. The summed E-state index contributed by atoms with van der Waals surface area (Å²) >= 11 is 2.10. The van der Waals surface area contributed by atoms with E-state index in [1.807, 2.05) is 37.3 Å². The lowest BCUT2D eigenvalue weighted by Crippen LogP contribution is -2.35. The first-order valence-electron chi connectivity index (χ1n) is 13.7. The van der Waals surface area contributed by atoms with E-state index in [-0.39, 0.29) is 41.4 Å². The van der Waals surface area contributed by atoms with Crippen LogP contribution in [0.25, 0.3) is 11.6 Å². The van der Waals surface area contributed by atoms with Crippen LogP contribution in [-0.4, -0.2) is 66.9 Å². The van der Waals surface area contributed by atoms with Crippen molar-refractivity contribution in [3.63, 3.8) is 0 Å². The summed E-state index contributed by atoms with van der Waals surface area (Å²) in [5, 5.41) is 10.3. The first kappa shape index (κ1) is 28.8. The number of halogens is 1. The Hall–Kier alpha value is -2.76. The fourth-order valence-corrected chi connectivity index (χ4v) is 7.06. The van der Waals surface area contributed by atoms with Gasteiger partial charge in [0, 0.05) is 25.8 Å². The number of amides is 2. The summed E-state index contributed by atoms with van der Waals surface area (Å²) in [5.74, 6) is -0.335. The number of fused-ring (bicyclic) bond motifs is 3. The number of imide groups is 1. The third kappa shape index (κ3) is 5.43. The molecular weight excluding hydrogens is 623 g/mol. The summed E-state index contributed by atoms with van der Waals surface area (Å²) in [6.45, 7) is 3.32. The zero-order valence-electron chi connectivity index (χ0n) is 23.1. The highest BCUT2D eigenvalue weighted by Crippen LogP contribution is 2.50. The Balaban J connectivity index is 1.44. The zero-order chi connectivity index (χ0) is 28.4. The number of phenols is 1. The molecule has 9 heteroatoms. The number of aromatic nitrogens is 1. The lowest BCUT2D eigenvalue weighted by Gasteiger charge is -2.31. The van der Waals surface area contributed by atoms with Gasteiger partial charge in [-0.15, -0.1) is 0 Å². The van der Waals surface area contributed by atoms with Gasteiger partial charge in [-0.05, 0) is 101 Å². The molecule has 8 nitrogen and oxygen atoms in total. The molecule has 2 saturated heterocycles. The summed E-state index contributed by atoms with van der Waals surface area (Å²) in [4.78, 5) is 32.6. The van der Waals surface area contributed by atoms with Crippen molar-refractivity contribution in [1.82, 2.24) is 9.88 Å². The van der Waals surface area contributed by atoms with E-state index < -0.39 is 0 Å². The number of hydrogen-bond acceptors (Lipinski definition) is 7. The number of phenolic OH excluding ortho intramolecular Hbond substituents is 1. The summed E-state index contributed by atoms with van der Waals surface area (Å²) < 4.78 is 18.0. The predicted octanol–water partition coefficient (Wildman–Crippen LogP) is 5.09. The third-order valence-corrected chi connectivity index (χ3v) is 8.97. The smallest absolute Gasteiger partial charge is 0.233 e. The van der Waals surface area contributed by atoms with Crippen LogP contribution in [0.3, 0.4) is 0 Å². The molecular formula is C31H35IN2O6. The Labute approximate surface area is 248 Å². The fraction of sp³-hybridized carbons (Fsp3) is 0.452. The molecule has 3 heterocycles. The highest BCUT2D eigenvalue weighted by molar-refractivity contribution is 14.1. The Bertz CT molecular complexity index is 1340. The predicted molar refractivity (Wildman–Crippen MR) is 159 cm³/mol. The van der Waals surface area contributed by atoms with Crippen molar-refractivity contribution in [1.29, 1.82) is 0 Å². The van der Waals surface area contributed by atoms with Gasteiger partial charge in [0.2, 0.25) is 11.8 Å².